The maximum absolute atomic E-state index is 13.1. The van der Waals surface area contributed by atoms with Crippen molar-refractivity contribution in [1.82, 2.24) is 0 Å². The molecule has 17 nitrogen and oxygen atoms in total. The molecule has 0 bridgehead atoms. The van der Waals surface area contributed by atoms with Gasteiger partial charge < -0.3 is 33.8 Å². The van der Waals surface area contributed by atoms with Crippen molar-refractivity contribution in [1.29, 1.82) is 0 Å². The third kappa shape index (κ3) is 73.8. The van der Waals surface area contributed by atoms with Crippen LogP contribution in [0.15, 0.2) is 24.3 Å². The summed E-state index contributed by atoms with van der Waals surface area (Å²) in [6.07, 6.45) is 67.6. The first kappa shape index (κ1) is 97.5. The van der Waals surface area contributed by atoms with Gasteiger partial charge in [-0.3, -0.25) is 37.3 Å². The van der Waals surface area contributed by atoms with E-state index in [0.29, 0.717) is 25.7 Å². The molecule has 0 radical (unpaired) electrons. The van der Waals surface area contributed by atoms with Gasteiger partial charge in [-0.25, -0.2) is 9.13 Å². The summed E-state index contributed by atoms with van der Waals surface area (Å²) in [5.74, 6) is -1.35. The van der Waals surface area contributed by atoms with Gasteiger partial charge in [-0.1, -0.05) is 354 Å². The third-order valence-electron chi connectivity index (χ3n) is 18.4. The molecule has 0 aromatic rings. The largest absolute Gasteiger partial charge is 0.472 e. The number of carbonyl (C=O) groups is 4. The average molecular weight is 1460 g/mol. The van der Waals surface area contributed by atoms with Gasteiger partial charge in [-0.05, 0) is 57.3 Å². The van der Waals surface area contributed by atoms with Gasteiger partial charge in [0, 0.05) is 25.7 Å². The predicted octanol–water partition coefficient (Wildman–Crippen LogP) is 24.0. The Morgan fingerprint density at radius 2 is 0.540 bits per heavy atom. The molecule has 5 atom stereocenters. The molecular weight excluding hydrogens is 1310 g/mol. The van der Waals surface area contributed by atoms with Gasteiger partial charge in [0.05, 0.1) is 26.4 Å². The zero-order chi connectivity index (χ0) is 73.4. The number of phosphoric acid groups is 2. The lowest BCUT2D eigenvalue weighted by molar-refractivity contribution is -0.161. The second kappa shape index (κ2) is 73.4. The summed E-state index contributed by atoms with van der Waals surface area (Å²) in [6, 6.07) is 0. The Labute approximate surface area is 612 Å². The van der Waals surface area contributed by atoms with Crippen molar-refractivity contribution < 1.29 is 80.2 Å². The molecule has 0 aliphatic carbocycles. The number of esters is 4. The van der Waals surface area contributed by atoms with E-state index in [0.717, 1.165) is 115 Å². The summed E-state index contributed by atoms with van der Waals surface area (Å²) in [5, 5.41) is 10.6. The van der Waals surface area contributed by atoms with Crippen molar-refractivity contribution in [3.8, 4) is 0 Å². The number of carbonyl (C=O) groups excluding carboxylic acids is 4. The van der Waals surface area contributed by atoms with Gasteiger partial charge in [-0.2, -0.15) is 0 Å². The standard InChI is InChI=1S/C81H154O17P2/c1-6-9-12-15-18-21-23-25-27-28-29-30-31-32-34-38-43-47-52-57-62-67-81(86)98-77(71-92-79(84)65-60-55-50-45-41-39-35-36-40-44-48-53-58-63-74(4)5)73-96-100(89,90)94-69-75(82)68-93-99(87,88)95-72-76(70-91-78(83)64-59-54-49-20-17-14-11-8-3)97-80(85)66-61-56-51-46-42-37-33-26-24-22-19-16-13-10-7-2/h22,24,26,33,74-77,82H,6-21,23,25,27-32,34-73H2,1-5H3,(H,87,88)(H,89,90)/b24-22-,33-26-/t75-,76+,77+/m0/s1. The lowest BCUT2D eigenvalue weighted by Gasteiger charge is -2.21. The Bertz CT molecular complexity index is 2000. The number of allylic oxidation sites excluding steroid dienone is 4. The molecule has 0 rings (SSSR count). The molecule has 0 fully saturated rings. The van der Waals surface area contributed by atoms with Crippen LogP contribution in [0.1, 0.15) is 407 Å². The average Bonchev–Trinajstić information content (AvgIpc) is 1.09. The zero-order valence-electron chi connectivity index (χ0n) is 64.8. The molecule has 0 aromatic carbocycles. The van der Waals surface area contributed by atoms with E-state index in [1.807, 2.05) is 0 Å². The molecule has 3 N–H and O–H groups in total. The van der Waals surface area contributed by atoms with Crippen molar-refractivity contribution >= 4 is 39.5 Å². The normalized spacial score (nSPS) is 14.0. The minimum atomic E-state index is -4.96. The molecule has 0 amide bonds. The number of hydrogen-bond acceptors (Lipinski definition) is 15. The van der Waals surface area contributed by atoms with E-state index in [-0.39, 0.29) is 25.7 Å². The number of hydrogen-bond donors (Lipinski definition) is 3. The van der Waals surface area contributed by atoms with E-state index in [1.54, 1.807) is 0 Å². The summed E-state index contributed by atoms with van der Waals surface area (Å²) in [5.41, 5.74) is 0. The number of ether oxygens (including phenoxy) is 4. The van der Waals surface area contributed by atoms with Gasteiger partial charge in [0.25, 0.3) is 0 Å². The Morgan fingerprint density at radius 3 is 0.820 bits per heavy atom. The van der Waals surface area contributed by atoms with Crippen molar-refractivity contribution in [2.45, 2.75) is 425 Å². The summed E-state index contributed by atoms with van der Waals surface area (Å²) < 4.78 is 68.6. The highest BCUT2D eigenvalue weighted by atomic mass is 31.2. The van der Waals surface area contributed by atoms with Gasteiger partial charge in [0.1, 0.15) is 19.3 Å². The highest BCUT2D eigenvalue weighted by Crippen LogP contribution is 2.45. The van der Waals surface area contributed by atoms with Crippen molar-refractivity contribution in [2.24, 2.45) is 5.92 Å². The predicted molar refractivity (Wildman–Crippen MR) is 409 cm³/mol. The van der Waals surface area contributed by atoms with Gasteiger partial charge in [0.15, 0.2) is 12.2 Å². The molecule has 100 heavy (non-hydrogen) atoms. The van der Waals surface area contributed by atoms with Crippen molar-refractivity contribution in [3.05, 3.63) is 24.3 Å². The molecule has 0 aliphatic rings. The van der Waals surface area contributed by atoms with Crippen LogP contribution >= 0.6 is 15.6 Å². The molecule has 19 heteroatoms. The monoisotopic (exact) mass is 1460 g/mol. The first-order valence-electron chi connectivity index (χ1n) is 41.5. The second-order valence-electron chi connectivity index (χ2n) is 29.0. The quantitative estimate of drug-likeness (QED) is 0.0169. The summed E-state index contributed by atoms with van der Waals surface area (Å²) in [6.45, 7) is 7.25. The van der Waals surface area contributed by atoms with Gasteiger partial charge >= 0.3 is 39.5 Å². The number of rotatable bonds is 79. The molecule has 0 spiro atoms. The van der Waals surface area contributed by atoms with E-state index >= 15 is 0 Å². The first-order valence-corrected chi connectivity index (χ1v) is 44.4. The number of aliphatic hydroxyl groups is 1. The van der Waals surface area contributed by atoms with E-state index in [1.165, 1.54) is 212 Å². The lowest BCUT2D eigenvalue weighted by atomic mass is 10.0. The maximum Gasteiger partial charge on any atom is 0.472 e. The topological polar surface area (TPSA) is 237 Å². The maximum atomic E-state index is 13.1. The molecule has 0 saturated heterocycles. The van der Waals surface area contributed by atoms with Crippen LogP contribution in [-0.4, -0.2) is 96.7 Å². The van der Waals surface area contributed by atoms with Crippen LogP contribution in [0, 0.1) is 5.92 Å². The van der Waals surface area contributed by atoms with Crippen LogP contribution in [0.25, 0.3) is 0 Å². The van der Waals surface area contributed by atoms with E-state index in [2.05, 4.69) is 58.9 Å². The van der Waals surface area contributed by atoms with Crippen molar-refractivity contribution in [3.63, 3.8) is 0 Å². The van der Waals surface area contributed by atoms with E-state index in [9.17, 15) is 43.2 Å². The summed E-state index contributed by atoms with van der Waals surface area (Å²) in [4.78, 5) is 72.9. The molecule has 0 aliphatic heterocycles. The molecule has 2 unspecified atom stereocenters. The fourth-order valence-corrected chi connectivity index (χ4v) is 13.6. The molecule has 0 saturated carbocycles. The zero-order valence-corrected chi connectivity index (χ0v) is 66.6. The Hall–Kier alpha value is -2.46. The fraction of sp³-hybridized carbons (Fsp3) is 0.901. The smallest absolute Gasteiger partial charge is 0.462 e. The highest BCUT2D eigenvalue weighted by Gasteiger charge is 2.30. The summed E-state index contributed by atoms with van der Waals surface area (Å²) in [7, 11) is -9.93. The molecule has 0 heterocycles. The van der Waals surface area contributed by atoms with E-state index in [4.69, 9.17) is 37.0 Å². The first-order chi connectivity index (χ1) is 48.5. The van der Waals surface area contributed by atoms with Crippen LogP contribution in [0.3, 0.4) is 0 Å². The van der Waals surface area contributed by atoms with Crippen LogP contribution < -0.4 is 0 Å². The third-order valence-corrected chi connectivity index (χ3v) is 20.3. The molecule has 590 valence electrons. The second-order valence-corrected chi connectivity index (χ2v) is 31.9. The molecular formula is C81H154O17P2. The summed E-state index contributed by atoms with van der Waals surface area (Å²) >= 11 is 0. The van der Waals surface area contributed by atoms with Crippen molar-refractivity contribution in [2.75, 3.05) is 39.6 Å². The van der Waals surface area contributed by atoms with Crippen LogP contribution in [0.2, 0.25) is 0 Å². The SMILES string of the molecule is CCCCCC/C=C\C=C/CCCCCCCC(=O)O[C@H](COC(=O)CCCCCCCCCC)COP(=O)(O)OC[C@H](O)COP(=O)(O)OC[C@@H](COC(=O)CCCCCCCCCCCCCCCC(C)C)OC(=O)CCCCCCCCCCCCCCCCCCCCCCC. The lowest BCUT2D eigenvalue weighted by Crippen LogP contribution is -2.30. The van der Waals surface area contributed by atoms with Gasteiger partial charge in [0.2, 0.25) is 0 Å². The van der Waals surface area contributed by atoms with Crippen LogP contribution in [0.4, 0.5) is 0 Å². The minimum absolute atomic E-state index is 0.0852. The van der Waals surface area contributed by atoms with Crippen LogP contribution in [0.5, 0.6) is 0 Å². The molecule has 0 aromatic heterocycles. The van der Waals surface area contributed by atoms with Gasteiger partial charge in [-0.15, -0.1) is 0 Å². The number of phosphoric ester groups is 2. The number of aliphatic hydroxyl groups excluding tert-OH is 1. The Kier molecular flexibility index (Phi) is 71.6. The van der Waals surface area contributed by atoms with E-state index < -0.39 is 97.5 Å². The minimum Gasteiger partial charge on any atom is -0.462 e. The van der Waals surface area contributed by atoms with Crippen LogP contribution in [-0.2, 0) is 65.4 Å². The number of unbranched alkanes of at least 4 members (excludes halogenated alkanes) is 48. The highest BCUT2D eigenvalue weighted by molar-refractivity contribution is 7.47. The Balaban J connectivity index is 5.22. The Morgan fingerprint density at radius 1 is 0.310 bits per heavy atom. The fourth-order valence-electron chi connectivity index (χ4n) is 12.0.